The highest BCUT2D eigenvalue weighted by molar-refractivity contribution is 5.82. The smallest absolute Gasteiger partial charge is 0.258 e. The van der Waals surface area contributed by atoms with Crippen LogP contribution in [0, 0.1) is 11.6 Å². The summed E-state index contributed by atoms with van der Waals surface area (Å²) in [5.41, 5.74) is -0.370. The van der Waals surface area contributed by atoms with Gasteiger partial charge in [-0.25, -0.2) is 8.78 Å². The zero-order chi connectivity index (χ0) is 11.9. The van der Waals surface area contributed by atoms with Gasteiger partial charge < -0.3 is 4.57 Å². The molecule has 0 aliphatic rings. The molecule has 0 radical (unpaired) electrons. The number of hydrogen-bond acceptors (Lipinski definition) is 1. The standard InChI is InChI=1S/C12H11F2NO/c1-7(2)15-6-11(14)9-4-3-8(13)5-10(9)12(15)16/h3-7H,1-2H3. The molecule has 0 fully saturated rings. The number of benzene rings is 1. The topological polar surface area (TPSA) is 22.0 Å². The van der Waals surface area contributed by atoms with Crippen LogP contribution in [0.5, 0.6) is 0 Å². The number of fused-ring (bicyclic) bond motifs is 1. The quantitative estimate of drug-likeness (QED) is 0.728. The summed E-state index contributed by atoms with van der Waals surface area (Å²) in [4.78, 5) is 11.9. The molecule has 0 spiro atoms. The number of rotatable bonds is 1. The third-order valence-electron chi connectivity index (χ3n) is 2.51. The van der Waals surface area contributed by atoms with Crippen molar-refractivity contribution < 1.29 is 8.78 Å². The Bertz CT molecular complexity index is 602. The Morgan fingerprint density at radius 3 is 2.50 bits per heavy atom. The molecule has 1 heterocycles. The highest BCUT2D eigenvalue weighted by Crippen LogP contribution is 2.16. The van der Waals surface area contributed by atoms with Crippen LogP contribution in [0.4, 0.5) is 8.78 Å². The molecule has 2 aromatic rings. The maximum Gasteiger partial charge on any atom is 0.258 e. The van der Waals surface area contributed by atoms with Crippen molar-refractivity contribution in [3.8, 4) is 0 Å². The van der Waals surface area contributed by atoms with E-state index in [0.29, 0.717) is 0 Å². The van der Waals surface area contributed by atoms with E-state index in [1.165, 1.54) is 10.6 Å². The van der Waals surface area contributed by atoms with Gasteiger partial charge in [-0.1, -0.05) is 0 Å². The van der Waals surface area contributed by atoms with Crippen LogP contribution in [0.25, 0.3) is 10.8 Å². The Morgan fingerprint density at radius 1 is 1.19 bits per heavy atom. The first-order chi connectivity index (χ1) is 7.50. The van der Waals surface area contributed by atoms with E-state index < -0.39 is 11.6 Å². The van der Waals surface area contributed by atoms with E-state index in [1.807, 2.05) is 0 Å². The largest absolute Gasteiger partial charge is 0.310 e. The summed E-state index contributed by atoms with van der Waals surface area (Å²) in [7, 11) is 0. The second-order valence-electron chi connectivity index (χ2n) is 3.97. The average Bonchev–Trinajstić information content (AvgIpc) is 2.22. The summed E-state index contributed by atoms with van der Waals surface area (Å²) in [5.74, 6) is -1.05. The Labute approximate surface area is 91.1 Å². The van der Waals surface area contributed by atoms with Crippen molar-refractivity contribution in [2.24, 2.45) is 0 Å². The minimum atomic E-state index is -0.537. The molecule has 84 valence electrons. The lowest BCUT2D eigenvalue weighted by Crippen LogP contribution is -2.22. The maximum absolute atomic E-state index is 13.6. The van der Waals surface area contributed by atoms with Crippen LogP contribution in [-0.2, 0) is 0 Å². The van der Waals surface area contributed by atoms with Crippen LogP contribution in [-0.4, -0.2) is 4.57 Å². The molecular formula is C12H11F2NO. The molecule has 16 heavy (non-hydrogen) atoms. The summed E-state index contributed by atoms with van der Waals surface area (Å²) in [6, 6.07) is 3.34. The third kappa shape index (κ3) is 1.60. The molecule has 2 nitrogen and oxygen atoms in total. The van der Waals surface area contributed by atoms with Crippen LogP contribution < -0.4 is 5.56 Å². The van der Waals surface area contributed by atoms with Crippen LogP contribution in [0.15, 0.2) is 29.2 Å². The van der Waals surface area contributed by atoms with Gasteiger partial charge in [0.25, 0.3) is 5.56 Å². The monoisotopic (exact) mass is 223 g/mol. The van der Waals surface area contributed by atoms with Crippen molar-refractivity contribution in [1.29, 1.82) is 0 Å². The highest BCUT2D eigenvalue weighted by atomic mass is 19.1. The molecule has 0 unspecified atom stereocenters. The lowest BCUT2D eigenvalue weighted by Gasteiger charge is -2.11. The second kappa shape index (κ2) is 3.70. The van der Waals surface area contributed by atoms with Gasteiger partial charge in [-0.3, -0.25) is 4.79 Å². The normalized spacial score (nSPS) is 11.3. The molecule has 1 aromatic heterocycles. The predicted molar refractivity (Wildman–Crippen MR) is 58.5 cm³/mol. The fourth-order valence-electron chi connectivity index (χ4n) is 1.67. The second-order valence-corrected chi connectivity index (χ2v) is 3.97. The van der Waals surface area contributed by atoms with E-state index in [1.54, 1.807) is 13.8 Å². The lowest BCUT2D eigenvalue weighted by molar-refractivity contribution is 0.545. The van der Waals surface area contributed by atoms with Gasteiger partial charge in [0.1, 0.15) is 11.6 Å². The molecule has 0 aliphatic heterocycles. The zero-order valence-corrected chi connectivity index (χ0v) is 9.00. The Morgan fingerprint density at radius 2 is 1.88 bits per heavy atom. The number of aromatic nitrogens is 1. The zero-order valence-electron chi connectivity index (χ0n) is 9.00. The van der Waals surface area contributed by atoms with Crippen molar-refractivity contribution in [3.05, 3.63) is 46.4 Å². The fraction of sp³-hybridized carbons (Fsp3) is 0.250. The number of halogens is 2. The fourth-order valence-corrected chi connectivity index (χ4v) is 1.67. The average molecular weight is 223 g/mol. The van der Waals surface area contributed by atoms with Crippen LogP contribution in [0.3, 0.4) is 0 Å². The number of hydrogen-bond donors (Lipinski definition) is 0. The lowest BCUT2D eigenvalue weighted by atomic mass is 10.1. The summed E-state index contributed by atoms with van der Waals surface area (Å²) >= 11 is 0. The van der Waals surface area contributed by atoms with E-state index in [4.69, 9.17) is 0 Å². The van der Waals surface area contributed by atoms with Crippen LogP contribution >= 0.6 is 0 Å². The molecule has 0 N–H and O–H groups in total. The molecule has 4 heteroatoms. The van der Waals surface area contributed by atoms with Crippen molar-refractivity contribution in [2.75, 3.05) is 0 Å². The molecule has 2 rings (SSSR count). The van der Waals surface area contributed by atoms with E-state index in [-0.39, 0.29) is 22.4 Å². The van der Waals surface area contributed by atoms with Gasteiger partial charge in [-0.15, -0.1) is 0 Å². The number of nitrogens with zero attached hydrogens (tertiary/aromatic N) is 1. The third-order valence-corrected chi connectivity index (χ3v) is 2.51. The molecule has 0 amide bonds. The molecule has 0 saturated heterocycles. The van der Waals surface area contributed by atoms with E-state index >= 15 is 0 Å². The molecule has 1 aromatic carbocycles. The van der Waals surface area contributed by atoms with E-state index in [9.17, 15) is 13.6 Å². The molecule has 0 bridgehead atoms. The Kier molecular flexibility index (Phi) is 2.50. The van der Waals surface area contributed by atoms with Gasteiger partial charge in [-0.05, 0) is 32.0 Å². The maximum atomic E-state index is 13.6. The first-order valence-corrected chi connectivity index (χ1v) is 5.00. The van der Waals surface area contributed by atoms with Gasteiger partial charge >= 0.3 is 0 Å². The van der Waals surface area contributed by atoms with Crippen LogP contribution in [0.2, 0.25) is 0 Å². The SMILES string of the molecule is CC(C)n1cc(F)c2ccc(F)cc2c1=O. The Balaban J connectivity index is 2.92. The van der Waals surface area contributed by atoms with Crippen LogP contribution in [0.1, 0.15) is 19.9 Å². The van der Waals surface area contributed by atoms with Crippen molar-refractivity contribution >= 4 is 10.8 Å². The summed E-state index contributed by atoms with van der Waals surface area (Å²) in [6.45, 7) is 3.54. The molecule has 0 saturated carbocycles. The summed E-state index contributed by atoms with van der Waals surface area (Å²) in [6.07, 6.45) is 1.16. The van der Waals surface area contributed by atoms with Gasteiger partial charge in [0.15, 0.2) is 0 Å². The Hall–Kier alpha value is -1.71. The predicted octanol–water partition coefficient (Wildman–Crippen LogP) is 2.86. The molecule has 0 atom stereocenters. The van der Waals surface area contributed by atoms with Crippen molar-refractivity contribution in [2.45, 2.75) is 19.9 Å². The summed E-state index contributed by atoms with van der Waals surface area (Å²) in [5, 5.41) is 0.233. The summed E-state index contributed by atoms with van der Waals surface area (Å²) < 4.78 is 27.9. The van der Waals surface area contributed by atoms with E-state index in [2.05, 4.69) is 0 Å². The van der Waals surface area contributed by atoms with Gasteiger partial charge in [-0.2, -0.15) is 0 Å². The first kappa shape index (κ1) is 10.8. The van der Waals surface area contributed by atoms with Gasteiger partial charge in [0, 0.05) is 17.6 Å². The minimum absolute atomic E-state index is 0.0775. The molecular weight excluding hydrogens is 212 g/mol. The van der Waals surface area contributed by atoms with Crippen molar-refractivity contribution in [1.82, 2.24) is 4.57 Å². The number of pyridine rings is 1. The minimum Gasteiger partial charge on any atom is -0.310 e. The molecule has 0 aliphatic carbocycles. The van der Waals surface area contributed by atoms with E-state index in [0.717, 1.165) is 18.3 Å². The highest BCUT2D eigenvalue weighted by Gasteiger charge is 2.10. The van der Waals surface area contributed by atoms with Gasteiger partial charge in [0.05, 0.1) is 5.39 Å². The first-order valence-electron chi connectivity index (χ1n) is 5.00. The van der Waals surface area contributed by atoms with Crippen molar-refractivity contribution in [3.63, 3.8) is 0 Å². The van der Waals surface area contributed by atoms with Gasteiger partial charge in [0.2, 0.25) is 0 Å².